The quantitative estimate of drug-likeness (QED) is 0.658. The van der Waals surface area contributed by atoms with Crippen molar-refractivity contribution in [1.29, 1.82) is 0 Å². The van der Waals surface area contributed by atoms with Crippen LogP contribution in [0.25, 0.3) is 11.0 Å². The second-order valence-electron chi connectivity index (χ2n) is 7.46. The van der Waals surface area contributed by atoms with Crippen LogP contribution in [-0.2, 0) is 6.54 Å². The molecule has 0 bridgehead atoms. The van der Waals surface area contributed by atoms with Gasteiger partial charge in [-0.15, -0.1) is 0 Å². The molecule has 5 nitrogen and oxygen atoms in total. The van der Waals surface area contributed by atoms with Crippen molar-refractivity contribution in [2.45, 2.75) is 20.4 Å². The van der Waals surface area contributed by atoms with Crippen molar-refractivity contribution < 1.29 is 9.21 Å². The summed E-state index contributed by atoms with van der Waals surface area (Å²) in [5.41, 5.74) is 4.33. The van der Waals surface area contributed by atoms with Crippen molar-refractivity contribution in [3.8, 4) is 0 Å². The lowest BCUT2D eigenvalue weighted by Gasteiger charge is -2.35. The molecule has 1 aliphatic heterocycles. The van der Waals surface area contributed by atoms with Crippen molar-refractivity contribution in [3.05, 3.63) is 81.2 Å². The number of benzene rings is 2. The molecule has 3 aromatic rings. The van der Waals surface area contributed by atoms with Crippen LogP contribution in [0.1, 0.15) is 27.0 Å². The molecule has 4 rings (SSSR count). The Bertz CT molecular complexity index is 1060. The molecule has 1 aromatic heterocycles. The van der Waals surface area contributed by atoms with Gasteiger partial charge in [0, 0.05) is 49.7 Å². The van der Waals surface area contributed by atoms with E-state index < -0.39 is 0 Å². The fraction of sp³-hybridized carbons (Fsp3) is 0.304. The second-order valence-corrected chi connectivity index (χ2v) is 7.46. The highest BCUT2D eigenvalue weighted by atomic mass is 16.4. The number of hydrogen-bond acceptors (Lipinski definition) is 4. The topological polar surface area (TPSA) is 53.8 Å². The summed E-state index contributed by atoms with van der Waals surface area (Å²) in [4.78, 5) is 28.8. The second kappa shape index (κ2) is 7.60. The maximum atomic E-state index is 12.6. The summed E-state index contributed by atoms with van der Waals surface area (Å²) in [5.74, 6) is 0.0807. The van der Waals surface area contributed by atoms with Gasteiger partial charge >= 0.3 is 5.63 Å². The SMILES string of the molecule is Cc1cc2oc(=O)cc(CN3CCN(C(=O)c4ccccc4)CC3)c2cc1C. The first-order chi connectivity index (χ1) is 13.5. The van der Waals surface area contributed by atoms with Gasteiger partial charge in [0.25, 0.3) is 5.91 Å². The molecular formula is C23H24N2O3. The van der Waals surface area contributed by atoms with Crippen LogP contribution in [0.3, 0.4) is 0 Å². The zero-order valence-electron chi connectivity index (χ0n) is 16.3. The van der Waals surface area contributed by atoms with Crippen LogP contribution in [-0.4, -0.2) is 41.9 Å². The molecule has 144 valence electrons. The minimum absolute atomic E-state index is 0.0807. The molecule has 1 saturated heterocycles. The smallest absolute Gasteiger partial charge is 0.336 e. The number of amides is 1. The Morgan fingerprint density at radius 2 is 1.64 bits per heavy atom. The largest absolute Gasteiger partial charge is 0.423 e. The Balaban J connectivity index is 1.49. The van der Waals surface area contributed by atoms with E-state index in [4.69, 9.17) is 4.42 Å². The number of hydrogen-bond donors (Lipinski definition) is 0. The predicted octanol–water partition coefficient (Wildman–Crippen LogP) is 3.37. The number of fused-ring (bicyclic) bond motifs is 1. The van der Waals surface area contributed by atoms with Crippen molar-refractivity contribution in [2.75, 3.05) is 26.2 Å². The summed E-state index contributed by atoms with van der Waals surface area (Å²) in [6.45, 7) is 7.70. The van der Waals surface area contributed by atoms with E-state index in [1.54, 1.807) is 6.07 Å². The lowest BCUT2D eigenvalue weighted by atomic mass is 10.0. The number of aryl methyl sites for hydroxylation is 2. The maximum Gasteiger partial charge on any atom is 0.336 e. The van der Waals surface area contributed by atoms with Gasteiger partial charge in [0.2, 0.25) is 0 Å². The first-order valence-corrected chi connectivity index (χ1v) is 9.62. The minimum Gasteiger partial charge on any atom is -0.423 e. The van der Waals surface area contributed by atoms with Gasteiger partial charge in [0.15, 0.2) is 0 Å². The Morgan fingerprint density at radius 3 is 2.36 bits per heavy atom. The van der Waals surface area contributed by atoms with Crippen LogP contribution in [0.15, 0.2) is 57.7 Å². The lowest BCUT2D eigenvalue weighted by molar-refractivity contribution is 0.0629. The van der Waals surface area contributed by atoms with Crippen LogP contribution >= 0.6 is 0 Å². The molecule has 0 aliphatic carbocycles. The third-order valence-corrected chi connectivity index (χ3v) is 5.52. The number of piperazine rings is 1. The summed E-state index contributed by atoms with van der Waals surface area (Å²) < 4.78 is 5.40. The molecule has 0 radical (unpaired) electrons. The molecule has 0 saturated carbocycles. The van der Waals surface area contributed by atoms with Gasteiger partial charge in [-0.1, -0.05) is 18.2 Å². The first-order valence-electron chi connectivity index (χ1n) is 9.62. The average Bonchev–Trinajstić information content (AvgIpc) is 2.70. The van der Waals surface area contributed by atoms with Crippen molar-refractivity contribution >= 4 is 16.9 Å². The van der Waals surface area contributed by atoms with Gasteiger partial charge in [0.1, 0.15) is 5.58 Å². The molecule has 5 heteroatoms. The third-order valence-electron chi connectivity index (χ3n) is 5.52. The summed E-state index contributed by atoms with van der Waals surface area (Å²) >= 11 is 0. The van der Waals surface area contributed by atoms with Crippen molar-refractivity contribution in [1.82, 2.24) is 9.80 Å². The fourth-order valence-corrected chi connectivity index (χ4v) is 3.73. The monoisotopic (exact) mass is 376 g/mol. The van der Waals surface area contributed by atoms with E-state index in [1.165, 1.54) is 5.56 Å². The predicted molar refractivity (Wildman–Crippen MR) is 110 cm³/mol. The van der Waals surface area contributed by atoms with Crippen molar-refractivity contribution in [3.63, 3.8) is 0 Å². The zero-order chi connectivity index (χ0) is 19.7. The standard InChI is InChI=1S/C23H24N2O3/c1-16-12-20-19(14-22(26)28-21(20)13-17(16)2)15-24-8-10-25(11-9-24)23(27)18-6-4-3-5-7-18/h3-7,12-14H,8-11,15H2,1-2H3. The van der Waals surface area contributed by atoms with Crippen molar-refractivity contribution in [2.24, 2.45) is 0 Å². The Kier molecular flexibility index (Phi) is 5.01. The summed E-state index contributed by atoms with van der Waals surface area (Å²) in [5, 5.41) is 0.991. The Labute approximate surface area is 164 Å². The van der Waals surface area contributed by atoms with Crippen LogP contribution in [0.4, 0.5) is 0 Å². The lowest BCUT2D eigenvalue weighted by Crippen LogP contribution is -2.48. The number of rotatable bonds is 3. The van der Waals surface area contributed by atoms with E-state index in [-0.39, 0.29) is 11.5 Å². The van der Waals surface area contributed by atoms with Gasteiger partial charge in [-0.3, -0.25) is 9.69 Å². The Hall–Kier alpha value is -2.92. The maximum absolute atomic E-state index is 12.6. The molecule has 0 atom stereocenters. The summed E-state index contributed by atoms with van der Waals surface area (Å²) in [6.07, 6.45) is 0. The molecule has 0 N–H and O–H groups in total. The van der Waals surface area contributed by atoms with Crippen LogP contribution < -0.4 is 5.63 Å². The van der Waals surface area contributed by atoms with E-state index in [2.05, 4.69) is 17.9 Å². The molecular weight excluding hydrogens is 352 g/mol. The Morgan fingerprint density at radius 1 is 0.964 bits per heavy atom. The minimum atomic E-state index is -0.316. The third kappa shape index (κ3) is 3.71. The van der Waals surface area contributed by atoms with E-state index in [9.17, 15) is 9.59 Å². The highest BCUT2D eigenvalue weighted by molar-refractivity contribution is 5.94. The van der Waals surface area contributed by atoms with E-state index in [1.807, 2.05) is 48.2 Å². The van der Waals surface area contributed by atoms with Gasteiger partial charge in [0.05, 0.1) is 0 Å². The van der Waals surface area contributed by atoms with Gasteiger partial charge in [-0.25, -0.2) is 4.79 Å². The number of carbonyl (C=O) groups excluding carboxylic acids is 1. The summed E-state index contributed by atoms with van der Waals surface area (Å²) in [7, 11) is 0. The van der Waals surface area contributed by atoms with Gasteiger partial charge in [-0.2, -0.15) is 0 Å². The fourth-order valence-electron chi connectivity index (χ4n) is 3.73. The van der Waals surface area contributed by atoms with Gasteiger partial charge < -0.3 is 9.32 Å². The molecule has 1 amide bonds. The number of carbonyl (C=O) groups is 1. The summed E-state index contributed by atoms with van der Waals surface area (Å²) in [6, 6.07) is 15.0. The van der Waals surface area contributed by atoms with Crippen LogP contribution in [0, 0.1) is 13.8 Å². The van der Waals surface area contributed by atoms with E-state index >= 15 is 0 Å². The molecule has 1 aliphatic rings. The molecule has 2 aromatic carbocycles. The zero-order valence-corrected chi connectivity index (χ0v) is 16.3. The molecule has 1 fully saturated rings. The molecule has 0 spiro atoms. The van der Waals surface area contributed by atoms with Crippen LogP contribution in [0.2, 0.25) is 0 Å². The van der Waals surface area contributed by atoms with Gasteiger partial charge in [-0.05, 0) is 54.8 Å². The first kappa shape index (κ1) is 18.4. The highest BCUT2D eigenvalue weighted by Crippen LogP contribution is 2.23. The van der Waals surface area contributed by atoms with Crippen LogP contribution in [0.5, 0.6) is 0 Å². The number of nitrogens with zero attached hydrogens (tertiary/aromatic N) is 2. The molecule has 0 unspecified atom stereocenters. The van der Waals surface area contributed by atoms with E-state index in [0.29, 0.717) is 25.2 Å². The average molecular weight is 376 g/mol. The molecule has 2 heterocycles. The normalized spacial score (nSPS) is 15.1. The highest BCUT2D eigenvalue weighted by Gasteiger charge is 2.22. The van der Waals surface area contributed by atoms with E-state index in [0.717, 1.165) is 35.2 Å². The molecule has 28 heavy (non-hydrogen) atoms.